The lowest BCUT2D eigenvalue weighted by molar-refractivity contribution is 0.0697. The molecule has 0 amide bonds. The van der Waals surface area contributed by atoms with Gasteiger partial charge >= 0.3 is 11.7 Å². The van der Waals surface area contributed by atoms with Gasteiger partial charge in [0, 0.05) is 0 Å². The lowest BCUT2D eigenvalue weighted by Gasteiger charge is -2.20. The van der Waals surface area contributed by atoms with Crippen LogP contribution in [0.25, 0.3) is 11.0 Å². The average Bonchev–Trinajstić information content (AvgIpc) is 3.09. The normalized spacial score (nSPS) is 28.3. The van der Waals surface area contributed by atoms with Crippen LogP contribution in [-0.2, 0) is 4.74 Å². The van der Waals surface area contributed by atoms with Crippen molar-refractivity contribution in [1.29, 1.82) is 0 Å². The van der Waals surface area contributed by atoms with Crippen molar-refractivity contribution in [2.75, 3.05) is 0 Å². The van der Waals surface area contributed by atoms with Crippen LogP contribution in [0.3, 0.4) is 0 Å². The Balaban J connectivity index is 1.89. The third-order valence-corrected chi connectivity index (χ3v) is 4.37. The van der Waals surface area contributed by atoms with Gasteiger partial charge in [-0.3, -0.25) is 4.57 Å². The number of benzene rings is 1. The van der Waals surface area contributed by atoms with Crippen molar-refractivity contribution in [3.63, 3.8) is 0 Å². The molecule has 0 radical (unpaired) electrons. The number of nitrogens with zero attached hydrogens (tertiary/aromatic N) is 1. The minimum absolute atomic E-state index is 0.0130. The van der Waals surface area contributed by atoms with Crippen molar-refractivity contribution >= 4 is 17.0 Å². The number of fused-ring (bicyclic) bond motifs is 3. The van der Waals surface area contributed by atoms with Crippen LogP contribution in [0.15, 0.2) is 23.0 Å². The summed E-state index contributed by atoms with van der Waals surface area (Å²) < 4.78 is 7.47. The predicted molar refractivity (Wildman–Crippen MR) is 71.1 cm³/mol. The van der Waals surface area contributed by atoms with Crippen LogP contribution in [0, 0.1) is 0 Å². The van der Waals surface area contributed by atoms with Crippen molar-refractivity contribution in [2.24, 2.45) is 0 Å². The fraction of sp³-hybridized carbons (Fsp3) is 0.429. The lowest BCUT2D eigenvalue weighted by Crippen LogP contribution is -2.29. The highest BCUT2D eigenvalue weighted by molar-refractivity contribution is 5.92. The second-order valence-electron chi connectivity index (χ2n) is 5.51. The van der Waals surface area contributed by atoms with E-state index in [4.69, 9.17) is 9.84 Å². The maximum atomic E-state index is 12.2. The summed E-state index contributed by atoms with van der Waals surface area (Å²) in [6.45, 7) is 0. The third kappa shape index (κ3) is 1.54. The summed E-state index contributed by atoms with van der Waals surface area (Å²) in [7, 11) is 0. The molecule has 3 atom stereocenters. The molecule has 0 saturated carbocycles. The zero-order valence-corrected chi connectivity index (χ0v) is 10.7. The smallest absolute Gasteiger partial charge is 0.335 e. The number of hydrogen-bond donors (Lipinski definition) is 2. The van der Waals surface area contributed by atoms with E-state index in [0.717, 1.165) is 19.3 Å². The van der Waals surface area contributed by atoms with E-state index in [0.29, 0.717) is 11.0 Å². The van der Waals surface area contributed by atoms with Crippen molar-refractivity contribution in [3.8, 4) is 0 Å². The molecular formula is C14H14N2O4. The highest BCUT2D eigenvalue weighted by Crippen LogP contribution is 2.42. The number of aromatic nitrogens is 2. The van der Waals surface area contributed by atoms with E-state index in [1.807, 2.05) is 0 Å². The molecule has 2 bridgehead atoms. The van der Waals surface area contributed by atoms with Crippen LogP contribution in [-0.4, -0.2) is 32.8 Å². The molecule has 6 nitrogen and oxygen atoms in total. The topological polar surface area (TPSA) is 84.3 Å². The van der Waals surface area contributed by atoms with E-state index >= 15 is 0 Å². The molecule has 0 aliphatic carbocycles. The first kappa shape index (κ1) is 11.7. The fourth-order valence-corrected chi connectivity index (χ4v) is 3.47. The lowest BCUT2D eigenvalue weighted by atomic mass is 9.95. The summed E-state index contributed by atoms with van der Waals surface area (Å²) >= 11 is 0. The number of carboxylic acids is 1. The molecule has 2 fully saturated rings. The molecule has 1 aromatic carbocycles. The Morgan fingerprint density at radius 1 is 1.40 bits per heavy atom. The van der Waals surface area contributed by atoms with Gasteiger partial charge in [0.05, 0.1) is 34.8 Å². The number of ether oxygens (including phenoxy) is 1. The number of rotatable bonds is 2. The molecule has 0 spiro atoms. The van der Waals surface area contributed by atoms with Crippen LogP contribution in [0.5, 0.6) is 0 Å². The molecular weight excluding hydrogens is 260 g/mol. The van der Waals surface area contributed by atoms with E-state index in [-0.39, 0.29) is 29.5 Å². The zero-order valence-electron chi connectivity index (χ0n) is 10.7. The monoisotopic (exact) mass is 274 g/mol. The number of aromatic amines is 1. The largest absolute Gasteiger partial charge is 0.478 e. The molecule has 2 N–H and O–H groups in total. The van der Waals surface area contributed by atoms with E-state index in [9.17, 15) is 9.59 Å². The number of aromatic carboxylic acids is 1. The molecule has 4 rings (SSSR count). The Labute approximate surface area is 114 Å². The van der Waals surface area contributed by atoms with Crippen molar-refractivity contribution in [3.05, 3.63) is 34.2 Å². The van der Waals surface area contributed by atoms with E-state index < -0.39 is 5.97 Å². The summed E-state index contributed by atoms with van der Waals surface area (Å²) in [5.74, 6) is -0.990. The second kappa shape index (κ2) is 3.96. The molecule has 2 aliphatic heterocycles. The van der Waals surface area contributed by atoms with Gasteiger partial charge in [-0.05, 0) is 37.5 Å². The molecule has 2 aliphatic rings. The summed E-state index contributed by atoms with van der Waals surface area (Å²) in [5.41, 5.74) is 1.32. The van der Waals surface area contributed by atoms with Gasteiger partial charge in [-0.2, -0.15) is 0 Å². The Bertz CT molecular complexity index is 760. The molecule has 2 aromatic rings. The summed E-state index contributed by atoms with van der Waals surface area (Å²) in [6, 6.07) is 4.72. The minimum atomic E-state index is -0.990. The Kier molecular flexibility index (Phi) is 2.32. The van der Waals surface area contributed by atoms with Gasteiger partial charge in [-0.1, -0.05) is 0 Å². The summed E-state index contributed by atoms with van der Waals surface area (Å²) in [4.78, 5) is 26.1. The highest BCUT2D eigenvalue weighted by atomic mass is 16.5. The number of imidazole rings is 1. The second-order valence-corrected chi connectivity index (χ2v) is 5.51. The fourth-order valence-electron chi connectivity index (χ4n) is 3.47. The number of nitrogens with one attached hydrogen (secondary N) is 1. The first-order valence-electron chi connectivity index (χ1n) is 6.76. The molecule has 3 heterocycles. The van der Waals surface area contributed by atoms with Crippen LogP contribution in [0.4, 0.5) is 0 Å². The summed E-state index contributed by atoms with van der Waals surface area (Å²) in [6.07, 6.45) is 3.16. The first-order valence-corrected chi connectivity index (χ1v) is 6.76. The van der Waals surface area contributed by atoms with E-state index in [1.54, 1.807) is 16.7 Å². The van der Waals surface area contributed by atoms with Gasteiger partial charge in [-0.25, -0.2) is 9.59 Å². The van der Waals surface area contributed by atoms with Gasteiger partial charge in [0.15, 0.2) is 0 Å². The van der Waals surface area contributed by atoms with Crippen molar-refractivity contribution < 1.29 is 14.6 Å². The van der Waals surface area contributed by atoms with Crippen molar-refractivity contribution in [2.45, 2.75) is 37.5 Å². The van der Waals surface area contributed by atoms with Gasteiger partial charge < -0.3 is 14.8 Å². The van der Waals surface area contributed by atoms with Crippen LogP contribution < -0.4 is 5.69 Å². The van der Waals surface area contributed by atoms with Gasteiger partial charge in [0.1, 0.15) is 0 Å². The third-order valence-electron chi connectivity index (χ3n) is 4.37. The van der Waals surface area contributed by atoms with Crippen molar-refractivity contribution in [1.82, 2.24) is 9.55 Å². The Morgan fingerprint density at radius 2 is 2.25 bits per heavy atom. The van der Waals surface area contributed by atoms with E-state index in [2.05, 4.69) is 4.98 Å². The average molecular weight is 274 g/mol. The van der Waals surface area contributed by atoms with E-state index in [1.165, 1.54) is 6.07 Å². The standard InChI is InChI=1S/C14H14N2O4/c17-13(18)7-1-3-9-10(5-7)16(14(19)15-9)11-6-8-2-4-12(11)20-8/h1,3,5,8,11-12H,2,4,6H2,(H,15,19)(H,17,18). The molecule has 3 unspecified atom stereocenters. The van der Waals surface area contributed by atoms with Gasteiger partial charge in [-0.15, -0.1) is 0 Å². The van der Waals surface area contributed by atoms with Crippen LogP contribution in [0.2, 0.25) is 0 Å². The maximum Gasteiger partial charge on any atom is 0.335 e. The number of H-pyrrole nitrogens is 1. The zero-order chi connectivity index (χ0) is 13.9. The molecule has 104 valence electrons. The number of carboxylic acid groups (broad SMARTS) is 1. The molecule has 1 aromatic heterocycles. The summed E-state index contributed by atoms with van der Waals surface area (Å²) in [5, 5.41) is 9.09. The van der Waals surface area contributed by atoms with Crippen LogP contribution >= 0.6 is 0 Å². The number of hydrogen-bond acceptors (Lipinski definition) is 3. The Hall–Kier alpha value is -2.08. The minimum Gasteiger partial charge on any atom is -0.478 e. The molecule has 20 heavy (non-hydrogen) atoms. The quantitative estimate of drug-likeness (QED) is 0.869. The molecule has 2 saturated heterocycles. The van der Waals surface area contributed by atoms with Gasteiger partial charge in [0.2, 0.25) is 0 Å². The Morgan fingerprint density at radius 3 is 2.90 bits per heavy atom. The predicted octanol–water partition coefficient (Wildman–Crippen LogP) is 1.52. The first-order chi connectivity index (χ1) is 9.63. The van der Waals surface area contributed by atoms with Crippen LogP contribution in [0.1, 0.15) is 35.7 Å². The highest BCUT2D eigenvalue weighted by Gasteiger charge is 2.42. The number of carbonyl (C=O) groups is 1. The SMILES string of the molecule is O=C(O)c1ccc2[nH]c(=O)n(C3CC4CCC3O4)c2c1. The van der Waals surface area contributed by atoms with Gasteiger partial charge in [0.25, 0.3) is 0 Å². The molecule has 6 heteroatoms. The maximum absolute atomic E-state index is 12.2.